The molecule has 0 bridgehead atoms. The fourth-order valence-electron chi connectivity index (χ4n) is 2.43. The van der Waals surface area contributed by atoms with Crippen LogP contribution >= 0.6 is 0 Å². The van der Waals surface area contributed by atoms with Crippen molar-refractivity contribution in [2.75, 3.05) is 11.9 Å². The molecule has 0 aliphatic heterocycles. The van der Waals surface area contributed by atoms with Crippen LogP contribution in [0.1, 0.15) is 18.1 Å². The molecule has 0 fully saturated rings. The van der Waals surface area contributed by atoms with Crippen LogP contribution in [0, 0.1) is 13.8 Å². The highest BCUT2D eigenvalue weighted by molar-refractivity contribution is 5.83. The van der Waals surface area contributed by atoms with E-state index in [9.17, 15) is 0 Å². The molecule has 0 atom stereocenters. The van der Waals surface area contributed by atoms with E-state index in [1.54, 1.807) is 0 Å². The molecule has 0 saturated heterocycles. The Morgan fingerprint density at radius 2 is 1.90 bits per heavy atom. The van der Waals surface area contributed by atoms with Gasteiger partial charge in [0.05, 0.1) is 0 Å². The molecule has 102 valence electrons. The van der Waals surface area contributed by atoms with Gasteiger partial charge >= 0.3 is 0 Å². The highest BCUT2D eigenvalue weighted by Crippen LogP contribution is 2.30. The predicted molar refractivity (Wildman–Crippen MR) is 83.1 cm³/mol. The smallest absolute Gasteiger partial charge is 0.227 e. The molecule has 3 aromatic rings. The molecular formula is C17H18N2O. The lowest BCUT2D eigenvalue weighted by atomic mass is 10.1. The maximum Gasteiger partial charge on any atom is 0.227 e. The lowest BCUT2D eigenvalue weighted by molar-refractivity contribution is 0.617. The summed E-state index contributed by atoms with van der Waals surface area (Å²) in [6.07, 6.45) is 0. The number of anilines is 1. The SMILES string of the molecule is CCNc1cc(C)c2oc(-c3ccccc3C)nc2c1. The van der Waals surface area contributed by atoms with Crippen molar-refractivity contribution in [2.24, 2.45) is 0 Å². The summed E-state index contributed by atoms with van der Waals surface area (Å²) in [7, 11) is 0. The first-order chi connectivity index (χ1) is 9.69. The first-order valence-electron chi connectivity index (χ1n) is 6.90. The number of rotatable bonds is 3. The molecule has 0 amide bonds. The van der Waals surface area contributed by atoms with Crippen molar-refractivity contribution in [3.05, 3.63) is 47.5 Å². The van der Waals surface area contributed by atoms with Crippen molar-refractivity contribution >= 4 is 16.8 Å². The van der Waals surface area contributed by atoms with Gasteiger partial charge in [0.2, 0.25) is 5.89 Å². The van der Waals surface area contributed by atoms with E-state index in [1.165, 1.54) is 5.56 Å². The Morgan fingerprint density at radius 1 is 1.10 bits per heavy atom. The number of aromatic nitrogens is 1. The molecule has 2 aromatic carbocycles. The summed E-state index contributed by atoms with van der Waals surface area (Å²) in [5.41, 5.74) is 6.17. The molecule has 0 spiro atoms. The lowest BCUT2D eigenvalue weighted by Crippen LogP contribution is -1.96. The third-order valence-corrected chi connectivity index (χ3v) is 3.43. The maximum atomic E-state index is 5.96. The largest absolute Gasteiger partial charge is 0.436 e. The van der Waals surface area contributed by atoms with E-state index >= 15 is 0 Å². The number of oxazole rings is 1. The quantitative estimate of drug-likeness (QED) is 0.756. The first-order valence-corrected chi connectivity index (χ1v) is 6.90. The molecule has 1 heterocycles. The highest BCUT2D eigenvalue weighted by Gasteiger charge is 2.12. The van der Waals surface area contributed by atoms with Crippen LogP contribution in [-0.2, 0) is 0 Å². The zero-order valence-corrected chi connectivity index (χ0v) is 12.0. The molecule has 20 heavy (non-hydrogen) atoms. The highest BCUT2D eigenvalue weighted by atomic mass is 16.3. The number of fused-ring (bicyclic) bond motifs is 1. The molecule has 3 nitrogen and oxygen atoms in total. The second-order valence-corrected chi connectivity index (χ2v) is 5.01. The summed E-state index contributed by atoms with van der Waals surface area (Å²) < 4.78 is 5.96. The van der Waals surface area contributed by atoms with Gasteiger partial charge in [-0.05, 0) is 50.1 Å². The van der Waals surface area contributed by atoms with Gasteiger partial charge in [-0.1, -0.05) is 18.2 Å². The summed E-state index contributed by atoms with van der Waals surface area (Å²) in [5.74, 6) is 0.690. The Morgan fingerprint density at radius 3 is 2.65 bits per heavy atom. The second-order valence-electron chi connectivity index (χ2n) is 5.01. The summed E-state index contributed by atoms with van der Waals surface area (Å²) in [6, 6.07) is 12.3. The van der Waals surface area contributed by atoms with Crippen molar-refractivity contribution in [1.82, 2.24) is 4.98 Å². The Bertz CT molecular complexity index is 759. The molecular weight excluding hydrogens is 248 g/mol. The predicted octanol–water partition coefficient (Wildman–Crippen LogP) is 4.54. The number of nitrogens with one attached hydrogen (secondary N) is 1. The molecule has 3 rings (SSSR count). The number of benzene rings is 2. The molecule has 0 unspecified atom stereocenters. The summed E-state index contributed by atoms with van der Waals surface area (Å²) in [6.45, 7) is 7.10. The zero-order valence-electron chi connectivity index (χ0n) is 12.0. The van der Waals surface area contributed by atoms with Gasteiger partial charge in [0.25, 0.3) is 0 Å². The van der Waals surface area contributed by atoms with Crippen LogP contribution in [0.4, 0.5) is 5.69 Å². The minimum Gasteiger partial charge on any atom is -0.436 e. The summed E-state index contributed by atoms with van der Waals surface area (Å²) >= 11 is 0. The topological polar surface area (TPSA) is 38.1 Å². The number of nitrogens with zero attached hydrogens (tertiary/aromatic N) is 1. The van der Waals surface area contributed by atoms with Gasteiger partial charge in [0.1, 0.15) is 5.52 Å². The Kier molecular flexibility index (Phi) is 3.18. The first kappa shape index (κ1) is 12.7. The normalized spacial score (nSPS) is 10.9. The van der Waals surface area contributed by atoms with Crippen LogP contribution in [-0.4, -0.2) is 11.5 Å². The Hall–Kier alpha value is -2.29. The van der Waals surface area contributed by atoms with Gasteiger partial charge in [0.15, 0.2) is 5.58 Å². The standard InChI is InChI=1S/C17H18N2O/c1-4-18-13-9-12(3)16-15(10-13)19-17(20-16)14-8-6-5-7-11(14)2/h5-10,18H,4H2,1-3H3. The molecule has 3 heteroatoms. The number of aryl methyl sites for hydroxylation is 2. The minimum absolute atomic E-state index is 0.690. The molecule has 0 aliphatic carbocycles. The second kappa shape index (κ2) is 5.00. The fourth-order valence-corrected chi connectivity index (χ4v) is 2.43. The average Bonchev–Trinajstić information content (AvgIpc) is 2.84. The average molecular weight is 266 g/mol. The van der Waals surface area contributed by atoms with Crippen LogP contribution in [0.3, 0.4) is 0 Å². The van der Waals surface area contributed by atoms with Gasteiger partial charge in [-0.25, -0.2) is 4.98 Å². The van der Waals surface area contributed by atoms with Gasteiger partial charge < -0.3 is 9.73 Å². The monoisotopic (exact) mass is 266 g/mol. The molecule has 1 aromatic heterocycles. The molecule has 0 aliphatic rings. The third-order valence-electron chi connectivity index (χ3n) is 3.43. The van der Waals surface area contributed by atoms with Gasteiger partial charge in [0, 0.05) is 17.8 Å². The van der Waals surface area contributed by atoms with E-state index in [-0.39, 0.29) is 0 Å². The van der Waals surface area contributed by atoms with Crippen molar-refractivity contribution in [2.45, 2.75) is 20.8 Å². The van der Waals surface area contributed by atoms with Crippen LogP contribution in [0.25, 0.3) is 22.6 Å². The fraction of sp³-hybridized carbons (Fsp3) is 0.235. The van der Waals surface area contributed by atoms with Gasteiger partial charge in [-0.2, -0.15) is 0 Å². The maximum absolute atomic E-state index is 5.96. The van der Waals surface area contributed by atoms with Crippen LogP contribution in [0.2, 0.25) is 0 Å². The van der Waals surface area contributed by atoms with Gasteiger partial charge in [-0.15, -0.1) is 0 Å². The lowest BCUT2D eigenvalue weighted by Gasteiger charge is -2.03. The molecule has 1 N–H and O–H groups in total. The van der Waals surface area contributed by atoms with Crippen LogP contribution in [0.5, 0.6) is 0 Å². The van der Waals surface area contributed by atoms with Crippen molar-refractivity contribution in [3.8, 4) is 11.5 Å². The summed E-state index contributed by atoms with van der Waals surface area (Å²) in [4.78, 5) is 4.64. The van der Waals surface area contributed by atoms with Crippen molar-refractivity contribution in [3.63, 3.8) is 0 Å². The van der Waals surface area contributed by atoms with E-state index in [1.807, 2.05) is 24.3 Å². The van der Waals surface area contributed by atoms with Crippen LogP contribution < -0.4 is 5.32 Å². The Balaban J connectivity index is 2.16. The van der Waals surface area contributed by atoms with Crippen LogP contribution in [0.15, 0.2) is 40.8 Å². The zero-order chi connectivity index (χ0) is 14.1. The van der Waals surface area contributed by atoms with Crippen molar-refractivity contribution < 1.29 is 4.42 Å². The molecule has 0 radical (unpaired) electrons. The summed E-state index contributed by atoms with van der Waals surface area (Å²) in [5, 5.41) is 3.32. The number of hydrogen-bond acceptors (Lipinski definition) is 3. The Labute approximate surface area is 118 Å². The van der Waals surface area contributed by atoms with Gasteiger partial charge in [-0.3, -0.25) is 0 Å². The van der Waals surface area contributed by atoms with Crippen molar-refractivity contribution in [1.29, 1.82) is 0 Å². The van der Waals surface area contributed by atoms with E-state index in [2.05, 4.69) is 43.2 Å². The minimum atomic E-state index is 0.690. The molecule has 0 saturated carbocycles. The van der Waals surface area contributed by atoms with E-state index in [0.717, 1.165) is 34.5 Å². The van der Waals surface area contributed by atoms with E-state index < -0.39 is 0 Å². The third kappa shape index (κ3) is 2.16. The van der Waals surface area contributed by atoms with E-state index in [4.69, 9.17) is 4.42 Å². The van der Waals surface area contributed by atoms with E-state index in [0.29, 0.717) is 5.89 Å². The number of hydrogen-bond donors (Lipinski definition) is 1.